The van der Waals surface area contributed by atoms with Crippen LogP contribution in [0.5, 0.6) is 0 Å². The molecule has 2 heterocycles. The number of nitrogens with one attached hydrogen (secondary N) is 2. The molecular formula is C14H20F3IN6S. The summed E-state index contributed by atoms with van der Waals surface area (Å²) in [7, 11) is 0. The van der Waals surface area contributed by atoms with E-state index in [1.54, 1.807) is 12.5 Å². The lowest BCUT2D eigenvalue weighted by molar-refractivity contribution is -0.140. The molecule has 6 nitrogen and oxygen atoms in total. The van der Waals surface area contributed by atoms with E-state index in [0.717, 1.165) is 23.3 Å². The molecule has 0 fully saturated rings. The van der Waals surface area contributed by atoms with Crippen LogP contribution >= 0.6 is 35.3 Å². The van der Waals surface area contributed by atoms with E-state index in [2.05, 4.69) is 25.6 Å². The van der Waals surface area contributed by atoms with Crippen molar-refractivity contribution in [3.63, 3.8) is 0 Å². The van der Waals surface area contributed by atoms with E-state index in [1.807, 2.05) is 17.7 Å². The molecule has 2 aromatic rings. The van der Waals surface area contributed by atoms with Crippen LogP contribution in [0.1, 0.15) is 17.6 Å². The number of rotatable bonds is 7. The van der Waals surface area contributed by atoms with Crippen molar-refractivity contribution < 1.29 is 13.2 Å². The van der Waals surface area contributed by atoms with Gasteiger partial charge in [0.15, 0.2) is 11.7 Å². The van der Waals surface area contributed by atoms with Gasteiger partial charge in [-0.15, -0.1) is 35.3 Å². The number of thiazole rings is 1. The molecule has 140 valence electrons. The molecule has 0 aliphatic carbocycles. The van der Waals surface area contributed by atoms with Crippen LogP contribution in [-0.2, 0) is 19.1 Å². The van der Waals surface area contributed by atoms with Crippen molar-refractivity contribution in [1.82, 2.24) is 25.2 Å². The first-order valence-electron chi connectivity index (χ1n) is 7.48. The summed E-state index contributed by atoms with van der Waals surface area (Å²) in [5.74, 6) is 0.630. The maximum atomic E-state index is 12.5. The van der Waals surface area contributed by atoms with Gasteiger partial charge in [0, 0.05) is 50.4 Å². The lowest BCUT2D eigenvalue weighted by atomic mass is 10.4. The minimum atomic E-state index is -4.39. The van der Waals surface area contributed by atoms with E-state index in [0.29, 0.717) is 37.0 Å². The molecule has 0 amide bonds. The summed E-state index contributed by atoms with van der Waals surface area (Å²) < 4.78 is 39.4. The number of hydrogen-bond donors (Lipinski definition) is 2. The Morgan fingerprint density at radius 3 is 2.76 bits per heavy atom. The van der Waals surface area contributed by atoms with Crippen molar-refractivity contribution in [1.29, 1.82) is 0 Å². The average molecular weight is 488 g/mol. The maximum absolute atomic E-state index is 12.5. The molecule has 2 aromatic heterocycles. The monoisotopic (exact) mass is 488 g/mol. The van der Waals surface area contributed by atoms with Crippen LogP contribution in [0.3, 0.4) is 0 Å². The zero-order valence-corrected chi connectivity index (χ0v) is 16.7. The van der Waals surface area contributed by atoms with Crippen LogP contribution < -0.4 is 10.6 Å². The molecule has 2 N–H and O–H groups in total. The second-order valence-electron chi connectivity index (χ2n) is 4.86. The van der Waals surface area contributed by atoms with E-state index < -0.39 is 11.9 Å². The summed E-state index contributed by atoms with van der Waals surface area (Å²) in [5.41, 5.74) is -0.836. The highest BCUT2D eigenvalue weighted by Gasteiger charge is 2.33. The molecule has 0 saturated heterocycles. The van der Waals surface area contributed by atoms with Gasteiger partial charge in [0.05, 0.1) is 11.3 Å². The fourth-order valence-electron chi connectivity index (χ4n) is 1.88. The molecule has 11 heteroatoms. The van der Waals surface area contributed by atoms with Crippen molar-refractivity contribution in [2.24, 2.45) is 4.99 Å². The summed E-state index contributed by atoms with van der Waals surface area (Å²) in [6, 6.07) is 0. The first-order valence-corrected chi connectivity index (χ1v) is 8.36. The molecule has 0 atom stereocenters. The number of aromatic nitrogens is 3. The second-order valence-corrected chi connectivity index (χ2v) is 5.80. The summed E-state index contributed by atoms with van der Waals surface area (Å²) in [4.78, 5) is 11.9. The van der Waals surface area contributed by atoms with E-state index in [4.69, 9.17) is 0 Å². The van der Waals surface area contributed by atoms with Crippen LogP contribution in [0.15, 0.2) is 29.1 Å². The number of hydrogen-bond acceptors (Lipinski definition) is 4. The maximum Gasteiger partial charge on any atom is 0.434 e. The van der Waals surface area contributed by atoms with Crippen LogP contribution in [0.4, 0.5) is 13.2 Å². The first-order chi connectivity index (χ1) is 11.5. The van der Waals surface area contributed by atoms with Crippen molar-refractivity contribution in [3.05, 3.63) is 34.8 Å². The molecule has 0 saturated carbocycles. The fraction of sp³-hybridized carbons (Fsp3) is 0.500. The van der Waals surface area contributed by atoms with Crippen molar-refractivity contribution >= 4 is 41.3 Å². The third kappa shape index (κ3) is 7.59. The fourth-order valence-corrected chi connectivity index (χ4v) is 2.68. The summed E-state index contributed by atoms with van der Waals surface area (Å²) in [6.07, 6.45) is 1.29. The number of guanidine groups is 1. The summed E-state index contributed by atoms with van der Waals surface area (Å²) in [6.45, 7) is 4.42. The number of aliphatic imine (C=N–C) groups is 1. The number of nitrogens with zero attached hydrogens (tertiary/aromatic N) is 4. The highest BCUT2D eigenvalue weighted by Crippen LogP contribution is 2.30. The Bertz CT molecular complexity index is 641. The Morgan fingerprint density at radius 2 is 2.16 bits per heavy atom. The van der Waals surface area contributed by atoms with Gasteiger partial charge in [-0.3, -0.25) is 4.99 Å². The Hall–Kier alpha value is -1.37. The number of alkyl halides is 3. The SMILES string of the molecule is CCNC(=NCCc1nc(C(F)(F)F)cs1)NCCn1ccnc1.I. The topological polar surface area (TPSA) is 67.1 Å². The zero-order chi connectivity index (χ0) is 17.4. The van der Waals surface area contributed by atoms with Gasteiger partial charge in [0.25, 0.3) is 0 Å². The lowest BCUT2D eigenvalue weighted by Gasteiger charge is -2.11. The molecule has 0 aliphatic rings. The number of halogens is 4. The Balaban J connectivity index is 0.00000312. The van der Waals surface area contributed by atoms with Gasteiger partial charge in [-0.1, -0.05) is 0 Å². The minimum absolute atomic E-state index is 0. The summed E-state index contributed by atoms with van der Waals surface area (Å²) in [5, 5.41) is 7.73. The van der Waals surface area contributed by atoms with Crippen LogP contribution in [0.25, 0.3) is 0 Å². The molecule has 25 heavy (non-hydrogen) atoms. The highest BCUT2D eigenvalue weighted by atomic mass is 127. The van der Waals surface area contributed by atoms with Gasteiger partial charge < -0.3 is 15.2 Å². The molecule has 0 bridgehead atoms. The van der Waals surface area contributed by atoms with E-state index in [1.165, 1.54) is 0 Å². The standard InChI is InChI=1S/C14H19F3N6S.HI/c1-2-19-13(21-6-8-23-7-5-18-10-23)20-4-3-12-22-11(9-24-12)14(15,16)17;/h5,7,9-10H,2-4,6,8H2,1H3,(H2,19,20,21);1H. The van der Waals surface area contributed by atoms with Crippen molar-refractivity contribution in [2.75, 3.05) is 19.6 Å². The zero-order valence-electron chi connectivity index (χ0n) is 13.6. The Morgan fingerprint density at radius 1 is 1.36 bits per heavy atom. The van der Waals surface area contributed by atoms with Crippen LogP contribution in [-0.4, -0.2) is 40.1 Å². The van der Waals surface area contributed by atoms with E-state index in [9.17, 15) is 13.2 Å². The predicted molar refractivity (Wildman–Crippen MR) is 102 cm³/mol. The summed E-state index contributed by atoms with van der Waals surface area (Å²) >= 11 is 1.01. The molecular weight excluding hydrogens is 468 g/mol. The van der Waals surface area contributed by atoms with Gasteiger partial charge in [-0.2, -0.15) is 13.2 Å². The third-order valence-electron chi connectivity index (χ3n) is 3.00. The predicted octanol–water partition coefficient (Wildman–Crippen LogP) is 2.77. The normalized spacial score (nSPS) is 11.9. The Kier molecular flexibility index (Phi) is 9.17. The van der Waals surface area contributed by atoms with Crippen molar-refractivity contribution in [3.8, 4) is 0 Å². The highest BCUT2D eigenvalue weighted by molar-refractivity contribution is 14.0. The van der Waals surface area contributed by atoms with Gasteiger partial charge in [-0.05, 0) is 6.92 Å². The minimum Gasteiger partial charge on any atom is -0.357 e. The first kappa shape index (κ1) is 21.7. The quantitative estimate of drug-likeness (QED) is 0.358. The molecule has 0 spiro atoms. The van der Waals surface area contributed by atoms with E-state index in [-0.39, 0.29) is 24.0 Å². The van der Waals surface area contributed by atoms with Gasteiger partial charge in [-0.25, -0.2) is 9.97 Å². The van der Waals surface area contributed by atoms with Crippen LogP contribution in [0.2, 0.25) is 0 Å². The third-order valence-corrected chi connectivity index (χ3v) is 3.91. The van der Waals surface area contributed by atoms with Crippen LogP contribution in [0, 0.1) is 0 Å². The molecule has 2 rings (SSSR count). The molecule has 0 radical (unpaired) electrons. The van der Waals surface area contributed by atoms with Gasteiger partial charge in [0.1, 0.15) is 0 Å². The smallest absolute Gasteiger partial charge is 0.357 e. The molecule has 0 aromatic carbocycles. The molecule has 0 aliphatic heterocycles. The van der Waals surface area contributed by atoms with E-state index >= 15 is 0 Å². The number of imidazole rings is 1. The van der Waals surface area contributed by atoms with Gasteiger partial charge in [0.2, 0.25) is 0 Å². The lowest BCUT2D eigenvalue weighted by Crippen LogP contribution is -2.39. The Labute approximate surface area is 165 Å². The second kappa shape index (κ2) is 10.6. The average Bonchev–Trinajstić information content (AvgIpc) is 3.18. The van der Waals surface area contributed by atoms with Crippen molar-refractivity contribution in [2.45, 2.75) is 26.1 Å². The largest absolute Gasteiger partial charge is 0.434 e. The van der Waals surface area contributed by atoms with Gasteiger partial charge >= 0.3 is 6.18 Å². The molecule has 0 unspecified atom stereocenters.